The third-order valence-corrected chi connectivity index (χ3v) is 5.07. The molecule has 0 radical (unpaired) electrons. The zero-order valence-corrected chi connectivity index (χ0v) is 15.7. The number of hydrogen-bond donors (Lipinski definition) is 0. The van der Waals surface area contributed by atoms with Crippen LogP contribution in [0, 0.1) is 23.4 Å². The third-order valence-electron chi connectivity index (χ3n) is 5.07. The van der Waals surface area contributed by atoms with Crippen LogP contribution in [0.5, 0.6) is 5.75 Å². The van der Waals surface area contributed by atoms with Crippen molar-refractivity contribution in [3.8, 4) is 16.9 Å². The summed E-state index contributed by atoms with van der Waals surface area (Å²) in [5.74, 6) is -1.82. The first kappa shape index (κ1) is 19.7. The van der Waals surface area contributed by atoms with Gasteiger partial charge in [0.05, 0.1) is 19.3 Å². The van der Waals surface area contributed by atoms with Crippen LogP contribution in [0.15, 0.2) is 30.3 Å². The Morgan fingerprint density at radius 1 is 1.00 bits per heavy atom. The van der Waals surface area contributed by atoms with E-state index < -0.39 is 23.6 Å². The van der Waals surface area contributed by atoms with Gasteiger partial charge in [0.15, 0.2) is 11.6 Å². The molecule has 2 aromatic rings. The summed E-state index contributed by atoms with van der Waals surface area (Å²) in [7, 11) is 0. The summed E-state index contributed by atoms with van der Waals surface area (Å²) >= 11 is 0. The summed E-state index contributed by atoms with van der Waals surface area (Å²) in [6.07, 6.45) is 3.32. The summed E-state index contributed by atoms with van der Waals surface area (Å²) in [5, 5.41) is 0. The fourth-order valence-corrected chi connectivity index (χ4v) is 3.68. The molecule has 146 valence electrons. The summed E-state index contributed by atoms with van der Waals surface area (Å²) in [4.78, 5) is 0. The van der Waals surface area contributed by atoms with Crippen LogP contribution in [0.1, 0.15) is 51.2 Å². The van der Waals surface area contributed by atoms with E-state index in [2.05, 4.69) is 6.92 Å². The first-order chi connectivity index (χ1) is 13.0. The van der Waals surface area contributed by atoms with Crippen LogP contribution in [0.25, 0.3) is 11.1 Å². The third kappa shape index (κ3) is 4.29. The van der Waals surface area contributed by atoms with Gasteiger partial charge in [-0.05, 0) is 44.2 Å². The zero-order chi connectivity index (χ0) is 19.4. The molecule has 2 nitrogen and oxygen atoms in total. The van der Waals surface area contributed by atoms with Crippen molar-refractivity contribution >= 4 is 0 Å². The Labute approximate surface area is 158 Å². The minimum absolute atomic E-state index is 0.00831. The average molecular weight is 378 g/mol. The summed E-state index contributed by atoms with van der Waals surface area (Å²) < 4.78 is 54.8. The molecule has 0 saturated carbocycles. The van der Waals surface area contributed by atoms with E-state index in [0.717, 1.165) is 19.3 Å². The van der Waals surface area contributed by atoms with Crippen LogP contribution in [0.2, 0.25) is 0 Å². The molecule has 0 bridgehead atoms. The van der Waals surface area contributed by atoms with Gasteiger partial charge in [0, 0.05) is 22.8 Å². The summed E-state index contributed by atoms with van der Waals surface area (Å²) in [6, 6.07) is 7.07. The van der Waals surface area contributed by atoms with Crippen LogP contribution in [-0.2, 0) is 4.74 Å². The van der Waals surface area contributed by atoms with Gasteiger partial charge in [0.1, 0.15) is 11.6 Å². The van der Waals surface area contributed by atoms with Crippen LogP contribution in [0.4, 0.5) is 13.2 Å². The van der Waals surface area contributed by atoms with E-state index in [4.69, 9.17) is 9.47 Å². The second-order valence-corrected chi connectivity index (χ2v) is 6.96. The molecule has 2 atom stereocenters. The quantitative estimate of drug-likeness (QED) is 0.576. The van der Waals surface area contributed by atoms with E-state index >= 15 is 0 Å². The second kappa shape index (κ2) is 8.79. The van der Waals surface area contributed by atoms with Crippen molar-refractivity contribution < 1.29 is 22.6 Å². The fraction of sp³-hybridized carbons (Fsp3) is 0.455. The van der Waals surface area contributed by atoms with Crippen LogP contribution < -0.4 is 4.74 Å². The highest BCUT2D eigenvalue weighted by Crippen LogP contribution is 2.37. The van der Waals surface area contributed by atoms with Crippen molar-refractivity contribution in [3.63, 3.8) is 0 Å². The van der Waals surface area contributed by atoms with Crippen molar-refractivity contribution in [2.75, 3.05) is 13.2 Å². The van der Waals surface area contributed by atoms with Gasteiger partial charge in [0.2, 0.25) is 0 Å². The lowest BCUT2D eigenvalue weighted by molar-refractivity contribution is -0.0214. The molecular formula is C22H25F3O2. The molecule has 27 heavy (non-hydrogen) atoms. The highest BCUT2D eigenvalue weighted by Gasteiger charge is 2.27. The number of rotatable bonds is 6. The van der Waals surface area contributed by atoms with E-state index in [0.29, 0.717) is 31.3 Å². The minimum atomic E-state index is -1.05. The first-order valence-corrected chi connectivity index (χ1v) is 9.57. The van der Waals surface area contributed by atoms with Crippen molar-refractivity contribution in [2.45, 2.75) is 45.6 Å². The highest BCUT2D eigenvalue weighted by atomic mass is 19.2. The van der Waals surface area contributed by atoms with E-state index in [1.54, 1.807) is 13.0 Å². The number of ether oxygens (including phenoxy) is 2. The molecule has 1 aliphatic heterocycles. The van der Waals surface area contributed by atoms with Crippen molar-refractivity contribution in [2.24, 2.45) is 5.92 Å². The second-order valence-electron chi connectivity index (χ2n) is 6.96. The van der Waals surface area contributed by atoms with Crippen LogP contribution in [0.3, 0.4) is 0 Å². The standard InChI is InChI=1S/C22H25F3O2/c1-3-5-14-6-11-20(27-13-14)18-10-9-17(21(24)22(18)25)16-8-7-15(26-4-2)12-19(16)23/h7-10,12,14,20H,3-6,11,13H2,1-2H3. The normalized spacial score (nSPS) is 19.9. The molecule has 0 aliphatic carbocycles. The average Bonchev–Trinajstić information content (AvgIpc) is 2.66. The maximum Gasteiger partial charge on any atom is 0.167 e. The smallest absolute Gasteiger partial charge is 0.167 e. The van der Waals surface area contributed by atoms with Gasteiger partial charge >= 0.3 is 0 Å². The van der Waals surface area contributed by atoms with Crippen molar-refractivity contribution in [1.29, 1.82) is 0 Å². The minimum Gasteiger partial charge on any atom is -0.494 e. The Bertz CT molecular complexity index is 783. The molecule has 1 aliphatic rings. The Hall–Kier alpha value is -2.01. The molecule has 1 heterocycles. The van der Waals surface area contributed by atoms with Crippen LogP contribution >= 0.6 is 0 Å². The Balaban J connectivity index is 1.84. The van der Waals surface area contributed by atoms with Crippen LogP contribution in [-0.4, -0.2) is 13.2 Å². The van der Waals surface area contributed by atoms with E-state index in [9.17, 15) is 13.2 Å². The lowest BCUT2D eigenvalue weighted by Crippen LogP contribution is -2.21. The van der Waals surface area contributed by atoms with Gasteiger partial charge in [-0.2, -0.15) is 0 Å². The molecule has 0 spiro atoms. The molecule has 2 unspecified atom stereocenters. The molecule has 0 aromatic heterocycles. The first-order valence-electron chi connectivity index (χ1n) is 9.57. The number of halogens is 3. The van der Waals surface area contributed by atoms with Crippen molar-refractivity contribution in [3.05, 3.63) is 53.3 Å². The molecular weight excluding hydrogens is 353 g/mol. The molecule has 1 fully saturated rings. The van der Waals surface area contributed by atoms with E-state index in [1.165, 1.54) is 24.3 Å². The Kier molecular flexibility index (Phi) is 6.42. The van der Waals surface area contributed by atoms with Gasteiger partial charge in [-0.25, -0.2) is 13.2 Å². The van der Waals surface area contributed by atoms with E-state index in [-0.39, 0.29) is 16.7 Å². The van der Waals surface area contributed by atoms with Gasteiger partial charge in [-0.3, -0.25) is 0 Å². The molecule has 5 heteroatoms. The monoisotopic (exact) mass is 378 g/mol. The maximum absolute atomic E-state index is 14.7. The topological polar surface area (TPSA) is 18.5 Å². The predicted molar refractivity (Wildman–Crippen MR) is 99.2 cm³/mol. The fourth-order valence-electron chi connectivity index (χ4n) is 3.68. The van der Waals surface area contributed by atoms with Gasteiger partial charge in [-0.1, -0.05) is 25.5 Å². The molecule has 3 rings (SSSR count). The van der Waals surface area contributed by atoms with E-state index in [1.807, 2.05) is 0 Å². The molecule has 2 aromatic carbocycles. The van der Waals surface area contributed by atoms with Crippen molar-refractivity contribution in [1.82, 2.24) is 0 Å². The van der Waals surface area contributed by atoms with Gasteiger partial charge in [-0.15, -0.1) is 0 Å². The lowest BCUT2D eigenvalue weighted by Gasteiger charge is -2.29. The molecule has 1 saturated heterocycles. The largest absolute Gasteiger partial charge is 0.494 e. The van der Waals surface area contributed by atoms with Gasteiger partial charge in [0.25, 0.3) is 0 Å². The molecule has 0 N–H and O–H groups in total. The Morgan fingerprint density at radius 2 is 1.78 bits per heavy atom. The molecule has 0 amide bonds. The number of benzene rings is 2. The predicted octanol–water partition coefficient (Wildman–Crippen LogP) is 6.44. The SMILES string of the molecule is CCCC1CCC(c2ccc(-c3ccc(OCC)cc3F)c(F)c2F)OC1. The lowest BCUT2D eigenvalue weighted by atomic mass is 9.91. The Morgan fingerprint density at radius 3 is 2.41 bits per heavy atom. The van der Waals surface area contributed by atoms with Gasteiger partial charge < -0.3 is 9.47 Å². The highest BCUT2D eigenvalue weighted by molar-refractivity contribution is 5.66. The zero-order valence-electron chi connectivity index (χ0n) is 15.7. The summed E-state index contributed by atoms with van der Waals surface area (Å²) in [6.45, 7) is 4.88. The maximum atomic E-state index is 14.7. The summed E-state index contributed by atoms with van der Waals surface area (Å²) in [5.41, 5.74) is 0.114. The number of hydrogen-bond acceptors (Lipinski definition) is 2.